The summed E-state index contributed by atoms with van der Waals surface area (Å²) in [5, 5.41) is 4.00. The van der Waals surface area contributed by atoms with Gasteiger partial charge < -0.3 is 5.32 Å². The lowest BCUT2D eigenvalue weighted by Gasteiger charge is -2.12. The van der Waals surface area contributed by atoms with E-state index in [0.717, 1.165) is 13.1 Å². The van der Waals surface area contributed by atoms with Gasteiger partial charge >= 0.3 is 0 Å². The number of nitrogens with one attached hydrogen (secondary N) is 1. The van der Waals surface area contributed by atoms with Crippen LogP contribution in [0.1, 0.15) is 25.0 Å². The van der Waals surface area contributed by atoms with Gasteiger partial charge in [-0.2, -0.15) is 0 Å². The molecule has 84 valence electrons. The third-order valence-corrected chi connectivity index (χ3v) is 3.59. The highest BCUT2D eigenvalue weighted by Crippen LogP contribution is 2.24. The van der Waals surface area contributed by atoms with Crippen LogP contribution in [0, 0.1) is 13.8 Å². The van der Waals surface area contributed by atoms with Crippen molar-refractivity contribution in [2.75, 3.05) is 13.1 Å². The molecule has 0 radical (unpaired) electrons. The average Bonchev–Trinajstić information content (AvgIpc) is 2.20. The zero-order valence-corrected chi connectivity index (χ0v) is 10.9. The quantitative estimate of drug-likeness (QED) is 0.768. The molecule has 1 rings (SSSR count). The summed E-state index contributed by atoms with van der Waals surface area (Å²) in [5.41, 5.74) is 2.76. The van der Waals surface area contributed by atoms with E-state index in [-0.39, 0.29) is 0 Å². The average molecular weight is 223 g/mol. The van der Waals surface area contributed by atoms with Crippen LogP contribution in [0.3, 0.4) is 0 Å². The molecule has 0 saturated heterocycles. The molecular weight excluding hydrogens is 202 g/mol. The van der Waals surface area contributed by atoms with E-state index in [2.05, 4.69) is 51.2 Å². The van der Waals surface area contributed by atoms with E-state index in [9.17, 15) is 0 Å². The first-order valence-corrected chi connectivity index (χ1v) is 6.46. The fourth-order valence-corrected chi connectivity index (χ4v) is 2.47. The van der Waals surface area contributed by atoms with Crippen molar-refractivity contribution >= 4 is 11.8 Å². The first kappa shape index (κ1) is 12.6. The molecule has 0 spiro atoms. The van der Waals surface area contributed by atoms with Crippen molar-refractivity contribution in [2.45, 2.75) is 37.8 Å². The van der Waals surface area contributed by atoms with Crippen molar-refractivity contribution < 1.29 is 0 Å². The summed E-state index contributed by atoms with van der Waals surface area (Å²) in [6.45, 7) is 10.9. The van der Waals surface area contributed by atoms with Crippen molar-refractivity contribution in [2.24, 2.45) is 0 Å². The Balaban J connectivity index is 2.53. The maximum Gasteiger partial charge on any atom is 0.0191 e. The zero-order valence-electron chi connectivity index (χ0n) is 10.1. The van der Waals surface area contributed by atoms with Crippen LogP contribution in [0.25, 0.3) is 0 Å². The fourth-order valence-electron chi connectivity index (χ4n) is 1.41. The van der Waals surface area contributed by atoms with Gasteiger partial charge in [-0.25, -0.2) is 0 Å². The maximum absolute atomic E-state index is 3.37. The first-order valence-electron chi connectivity index (χ1n) is 5.58. The van der Waals surface area contributed by atoms with E-state index in [0.29, 0.717) is 5.25 Å². The molecule has 0 amide bonds. The Hall–Kier alpha value is -0.470. The molecule has 0 aliphatic heterocycles. The Morgan fingerprint density at radius 1 is 1.27 bits per heavy atom. The van der Waals surface area contributed by atoms with Crippen LogP contribution in [0.2, 0.25) is 0 Å². The van der Waals surface area contributed by atoms with Gasteiger partial charge in [0, 0.05) is 16.7 Å². The van der Waals surface area contributed by atoms with Crippen LogP contribution in [-0.2, 0) is 0 Å². The second kappa shape index (κ2) is 6.19. The highest BCUT2D eigenvalue weighted by Gasteiger charge is 2.04. The lowest BCUT2D eigenvalue weighted by Crippen LogP contribution is -2.21. The molecule has 1 atom stereocenters. The first-order chi connectivity index (χ1) is 7.13. The normalized spacial score (nSPS) is 12.8. The molecule has 0 saturated carbocycles. The van der Waals surface area contributed by atoms with Gasteiger partial charge in [-0.3, -0.25) is 0 Å². The Labute approximate surface area is 97.7 Å². The van der Waals surface area contributed by atoms with E-state index >= 15 is 0 Å². The van der Waals surface area contributed by atoms with Crippen LogP contribution < -0.4 is 5.32 Å². The summed E-state index contributed by atoms with van der Waals surface area (Å²) in [6.07, 6.45) is 0. The third kappa shape index (κ3) is 4.27. The number of hydrogen-bond acceptors (Lipinski definition) is 2. The molecule has 1 unspecified atom stereocenters. The number of hydrogen-bond donors (Lipinski definition) is 1. The summed E-state index contributed by atoms with van der Waals surface area (Å²) in [7, 11) is 0. The number of rotatable bonds is 5. The smallest absolute Gasteiger partial charge is 0.0191 e. The van der Waals surface area contributed by atoms with Gasteiger partial charge in [-0.1, -0.05) is 19.9 Å². The molecule has 1 aromatic rings. The van der Waals surface area contributed by atoms with Crippen molar-refractivity contribution in [1.82, 2.24) is 5.32 Å². The molecule has 1 N–H and O–H groups in total. The molecule has 0 aromatic heterocycles. The molecule has 1 nitrogen and oxygen atoms in total. The van der Waals surface area contributed by atoms with E-state index in [4.69, 9.17) is 0 Å². The van der Waals surface area contributed by atoms with Crippen molar-refractivity contribution in [3.8, 4) is 0 Å². The van der Waals surface area contributed by atoms with Gasteiger partial charge in [0.2, 0.25) is 0 Å². The highest BCUT2D eigenvalue weighted by atomic mass is 32.2. The largest absolute Gasteiger partial charge is 0.316 e. The summed E-state index contributed by atoms with van der Waals surface area (Å²) in [4.78, 5) is 1.38. The third-order valence-electron chi connectivity index (χ3n) is 2.50. The van der Waals surface area contributed by atoms with Crippen molar-refractivity contribution in [1.29, 1.82) is 0 Å². The summed E-state index contributed by atoms with van der Waals surface area (Å²) in [5.74, 6) is 0. The van der Waals surface area contributed by atoms with Crippen LogP contribution in [-0.4, -0.2) is 18.3 Å². The Morgan fingerprint density at radius 3 is 2.60 bits per heavy atom. The van der Waals surface area contributed by atoms with Gasteiger partial charge in [0.1, 0.15) is 0 Å². The van der Waals surface area contributed by atoms with Crippen LogP contribution in [0.4, 0.5) is 0 Å². The monoisotopic (exact) mass is 223 g/mol. The molecule has 1 aromatic carbocycles. The summed E-state index contributed by atoms with van der Waals surface area (Å²) in [6, 6.07) is 6.70. The minimum Gasteiger partial charge on any atom is -0.316 e. The lowest BCUT2D eigenvalue weighted by atomic mass is 10.1. The van der Waals surface area contributed by atoms with Gasteiger partial charge in [0.25, 0.3) is 0 Å². The molecule has 2 heteroatoms. The topological polar surface area (TPSA) is 12.0 Å². The minimum absolute atomic E-state index is 0.632. The van der Waals surface area contributed by atoms with Crippen LogP contribution >= 0.6 is 11.8 Å². The van der Waals surface area contributed by atoms with Crippen LogP contribution in [0.5, 0.6) is 0 Å². The van der Waals surface area contributed by atoms with Gasteiger partial charge in [-0.15, -0.1) is 11.8 Å². The number of aryl methyl sites for hydroxylation is 2. The van der Waals surface area contributed by atoms with E-state index in [1.54, 1.807) is 0 Å². The minimum atomic E-state index is 0.632. The fraction of sp³-hybridized carbons (Fsp3) is 0.538. The second-order valence-electron chi connectivity index (χ2n) is 3.98. The number of benzene rings is 1. The lowest BCUT2D eigenvalue weighted by molar-refractivity contribution is 0.713. The van der Waals surface area contributed by atoms with Gasteiger partial charge in [-0.05, 0) is 43.7 Å². The predicted molar refractivity (Wildman–Crippen MR) is 69.8 cm³/mol. The molecule has 0 fully saturated rings. The predicted octanol–water partition coefficient (Wildman–Crippen LogP) is 3.39. The Bertz CT molecular complexity index is 309. The zero-order chi connectivity index (χ0) is 11.3. The SMILES string of the molecule is CCNCC(C)Sc1ccc(C)c(C)c1. The maximum atomic E-state index is 3.37. The molecule has 0 aliphatic rings. The van der Waals surface area contributed by atoms with Gasteiger partial charge in [0.05, 0.1) is 0 Å². The molecule has 0 heterocycles. The second-order valence-corrected chi connectivity index (χ2v) is 5.49. The number of thioether (sulfide) groups is 1. The molecule has 0 aliphatic carbocycles. The Kier molecular flexibility index (Phi) is 5.20. The highest BCUT2D eigenvalue weighted by molar-refractivity contribution is 8.00. The molecule has 0 bridgehead atoms. The van der Waals surface area contributed by atoms with Crippen molar-refractivity contribution in [3.63, 3.8) is 0 Å². The Morgan fingerprint density at radius 2 is 2.00 bits per heavy atom. The standard InChI is InChI=1S/C13H21NS/c1-5-14-9-12(4)15-13-7-6-10(2)11(3)8-13/h6-8,12,14H,5,9H2,1-4H3. The van der Waals surface area contributed by atoms with Gasteiger partial charge in [0.15, 0.2) is 0 Å². The van der Waals surface area contributed by atoms with Crippen molar-refractivity contribution in [3.05, 3.63) is 29.3 Å². The summed E-state index contributed by atoms with van der Waals surface area (Å²) >= 11 is 1.94. The molecular formula is C13H21NS. The van der Waals surface area contributed by atoms with E-state index in [1.807, 2.05) is 11.8 Å². The van der Waals surface area contributed by atoms with E-state index in [1.165, 1.54) is 16.0 Å². The molecule has 15 heavy (non-hydrogen) atoms. The summed E-state index contributed by atoms with van der Waals surface area (Å²) < 4.78 is 0. The van der Waals surface area contributed by atoms with E-state index < -0.39 is 0 Å². The van der Waals surface area contributed by atoms with Crippen LogP contribution in [0.15, 0.2) is 23.1 Å².